The molecule has 0 bridgehead atoms. The Bertz CT molecular complexity index is 61.2. The van der Waals surface area contributed by atoms with Crippen LogP contribution in [-0.4, -0.2) is 43.4 Å². The van der Waals surface area contributed by atoms with Gasteiger partial charge in [-0.2, -0.15) is 0 Å². The number of aliphatic hydroxyl groups excluding tert-OH is 2. The third kappa shape index (κ3) is 7.74. The van der Waals surface area contributed by atoms with Crippen LogP contribution in [0.5, 0.6) is 0 Å². The van der Waals surface area contributed by atoms with Gasteiger partial charge >= 0.3 is 0 Å². The molecule has 0 saturated carbocycles. The Morgan fingerprint density at radius 3 is 1.73 bits per heavy atom. The van der Waals surface area contributed by atoms with Crippen LogP contribution < -0.4 is 0 Å². The highest BCUT2D eigenvalue weighted by atomic mass is 16.7. The molecule has 68 valence electrons. The second kappa shape index (κ2) is 7.94. The van der Waals surface area contributed by atoms with Crippen molar-refractivity contribution in [1.29, 1.82) is 0 Å². The van der Waals surface area contributed by atoms with Crippen molar-refractivity contribution in [3.63, 3.8) is 0 Å². The smallest absolute Gasteiger partial charge is 0.146 e. The fourth-order valence-electron chi connectivity index (χ4n) is 0.352. The summed E-state index contributed by atoms with van der Waals surface area (Å²) < 4.78 is 9.44. The lowest BCUT2D eigenvalue weighted by molar-refractivity contribution is 0.0692. The third-order valence-corrected chi connectivity index (χ3v) is 1.16. The Morgan fingerprint density at radius 2 is 1.64 bits per heavy atom. The highest BCUT2D eigenvalue weighted by molar-refractivity contribution is 4.41. The fraction of sp³-hybridized carbons (Fsp3) is 1.00. The minimum absolute atomic E-state index is 0.0463. The van der Waals surface area contributed by atoms with Crippen molar-refractivity contribution in [2.75, 3.05) is 33.2 Å². The van der Waals surface area contributed by atoms with Crippen LogP contribution in [-0.2, 0) is 9.47 Å². The SMILES string of the molecule is C1COCO1.CC(CO)CO. The molecule has 0 aliphatic carbocycles. The van der Waals surface area contributed by atoms with Gasteiger partial charge in [-0.05, 0) is 0 Å². The average Bonchev–Trinajstić information content (AvgIpc) is 2.60. The molecule has 1 fully saturated rings. The summed E-state index contributed by atoms with van der Waals surface area (Å²) in [5.74, 6) is 0.0463. The molecule has 11 heavy (non-hydrogen) atoms. The normalized spacial score (nSPS) is 16.4. The van der Waals surface area contributed by atoms with E-state index >= 15 is 0 Å². The molecule has 0 aromatic heterocycles. The molecule has 1 rings (SSSR count). The Morgan fingerprint density at radius 1 is 1.18 bits per heavy atom. The number of hydrogen-bond donors (Lipinski definition) is 2. The highest BCUT2D eigenvalue weighted by Gasteiger charge is 1.93. The molecular weight excluding hydrogens is 148 g/mol. The number of ether oxygens (including phenoxy) is 2. The average molecular weight is 164 g/mol. The molecule has 2 N–H and O–H groups in total. The van der Waals surface area contributed by atoms with E-state index in [0.29, 0.717) is 6.79 Å². The summed E-state index contributed by atoms with van der Waals surface area (Å²) in [6, 6.07) is 0. The van der Waals surface area contributed by atoms with Crippen molar-refractivity contribution in [2.24, 2.45) is 5.92 Å². The van der Waals surface area contributed by atoms with Gasteiger partial charge in [0, 0.05) is 19.1 Å². The van der Waals surface area contributed by atoms with Crippen LogP contribution >= 0.6 is 0 Å². The molecular formula is C7H16O4. The minimum Gasteiger partial charge on any atom is -0.396 e. The second-order valence-electron chi connectivity index (χ2n) is 2.40. The van der Waals surface area contributed by atoms with Crippen LogP contribution in [0.2, 0.25) is 0 Å². The van der Waals surface area contributed by atoms with Crippen molar-refractivity contribution in [2.45, 2.75) is 6.92 Å². The molecule has 0 aromatic rings. The summed E-state index contributed by atoms with van der Waals surface area (Å²) >= 11 is 0. The maximum atomic E-state index is 8.17. The second-order valence-corrected chi connectivity index (χ2v) is 2.40. The van der Waals surface area contributed by atoms with E-state index in [1.807, 2.05) is 0 Å². The van der Waals surface area contributed by atoms with E-state index in [-0.39, 0.29) is 19.1 Å². The monoisotopic (exact) mass is 164 g/mol. The van der Waals surface area contributed by atoms with E-state index < -0.39 is 0 Å². The molecule has 1 aliphatic rings. The number of rotatable bonds is 2. The Kier molecular flexibility index (Phi) is 7.83. The molecule has 0 aromatic carbocycles. The van der Waals surface area contributed by atoms with Crippen molar-refractivity contribution >= 4 is 0 Å². The van der Waals surface area contributed by atoms with Gasteiger partial charge in [0.15, 0.2) is 0 Å². The summed E-state index contributed by atoms with van der Waals surface area (Å²) in [5, 5.41) is 16.3. The molecule has 0 unspecified atom stereocenters. The first-order valence-electron chi connectivity index (χ1n) is 3.68. The molecule has 0 spiro atoms. The molecule has 4 nitrogen and oxygen atoms in total. The standard InChI is InChI=1S/C4H10O2.C3H6O2/c1-4(2-5)3-6;1-2-5-3-4-1/h4-6H,2-3H2,1H3;1-3H2. The minimum atomic E-state index is 0.0463. The van der Waals surface area contributed by atoms with E-state index in [1.165, 1.54) is 0 Å². The number of hydrogen-bond acceptors (Lipinski definition) is 4. The number of aliphatic hydroxyl groups is 2. The Labute approximate surface area is 66.7 Å². The lowest BCUT2D eigenvalue weighted by Crippen LogP contribution is -2.04. The summed E-state index contributed by atoms with van der Waals surface area (Å²) in [4.78, 5) is 0. The first kappa shape index (κ1) is 10.8. The van der Waals surface area contributed by atoms with Gasteiger partial charge in [0.05, 0.1) is 13.2 Å². The van der Waals surface area contributed by atoms with Crippen molar-refractivity contribution in [1.82, 2.24) is 0 Å². The van der Waals surface area contributed by atoms with Gasteiger partial charge in [0.25, 0.3) is 0 Å². The van der Waals surface area contributed by atoms with E-state index in [2.05, 4.69) is 0 Å². The third-order valence-electron chi connectivity index (χ3n) is 1.16. The van der Waals surface area contributed by atoms with Crippen LogP contribution in [0.25, 0.3) is 0 Å². The first-order chi connectivity index (χ1) is 5.31. The molecule has 1 aliphatic heterocycles. The van der Waals surface area contributed by atoms with Crippen molar-refractivity contribution < 1.29 is 19.7 Å². The molecule has 1 heterocycles. The highest BCUT2D eigenvalue weighted by Crippen LogP contribution is 1.86. The lowest BCUT2D eigenvalue weighted by atomic mass is 10.2. The largest absolute Gasteiger partial charge is 0.396 e. The zero-order chi connectivity index (χ0) is 8.53. The van der Waals surface area contributed by atoms with Gasteiger partial charge in [0.2, 0.25) is 0 Å². The van der Waals surface area contributed by atoms with Crippen LogP contribution in [0.3, 0.4) is 0 Å². The Balaban J connectivity index is 0.000000183. The molecule has 1 saturated heterocycles. The van der Waals surface area contributed by atoms with Gasteiger partial charge < -0.3 is 19.7 Å². The molecule has 0 atom stereocenters. The zero-order valence-corrected chi connectivity index (χ0v) is 6.82. The lowest BCUT2D eigenvalue weighted by Gasteiger charge is -1.97. The Hall–Kier alpha value is -0.160. The molecule has 0 amide bonds. The first-order valence-corrected chi connectivity index (χ1v) is 3.68. The van der Waals surface area contributed by atoms with Gasteiger partial charge in [-0.15, -0.1) is 0 Å². The zero-order valence-electron chi connectivity index (χ0n) is 6.82. The van der Waals surface area contributed by atoms with E-state index in [9.17, 15) is 0 Å². The van der Waals surface area contributed by atoms with E-state index in [1.54, 1.807) is 6.92 Å². The van der Waals surface area contributed by atoms with E-state index in [0.717, 1.165) is 13.2 Å². The van der Waals surface area contributed by atoms with Crippen LogP contribution in [0.1, 0.15) is 6.92 Å². The molecule has 0 radical (unpaired) electrons. The van der Waals surface area contributed by atoms with Gasteiger partial charge in [-0.25, -0.2) is 0 Å². The quantitative estimate of drug-likeness (QED) is 0.583. The summed E-state index contributed by atoms with van der Waals surface area (Å²) in [7, 11) is 0. The van der Waals surface area contributed by atoms with Crippen molar-refractivity contribution in [3.05, 3.63) is 0 Å². The predicted molar refractivity (Wildman–Crippen MR) is 40.1 cm³/mol. The van der Waals surface area contributed by atoms with Crippen LogP contribution in [0.15, 0.2) is 0 Å². The van der Waals surface area contributed by atoms with Gasteiger partial charge in [0.1, 0.15) is 6.79 Å². The molecule has 4 heteroatoms. The van der Waals surface area contributed by atoms with Crippen LogP contribution in [0, 0.1) is 5.92 Å². The van der Waals surface area contributed by atoms with E-state index in [4.69, 9.17) is 19.7 Å². The fourth-order valence-corrected chi connectivity index (χ4v) is 0.352. The van der Waals surface area contributed by atoms with Crippen LogP contribution in [0.4, 0.5) is 0 Å². The summed E-state index contributed by atoms with van der Waals surface area (Å²) in [6.07, 6.45) is 0. The van der Waals surface area contributed by atoms with Gasteiger partial charge in [-0.1, -0.05) is 6.92 Å². The maximum Gasteiger partial charge on any atom is 0.146 e. The summed E-state index contributed by atoms with van der Waals surface area (Å²) in [5.41, 5.74) is 0. The van der Waals surface area contributed by atoms with Gasteiger partial charge in [-0.3, -0.25) is 0 Å². The predicted octanol–water partition coefficient (Wildman–Crippen LogP) is -0.402. The summed E-state index contributed by atoms with van der Waals surface area (Å²) in [6.45, 7) is 3.99. The topological polar surface area (TPSA) is 58.9 Å². The maximum absolute atomic E-state index is 8.17. The van der Waals surface area contributed by atoms with Crippen molar-refractivity contribution in [3.8, 4) is 0 Å².